The van der Waals surface area contributed by atoms with E-state index in [0.717, 1.165) is 37.9 Å². The molecule has 2 aromatic rings. The number of nitrogens with one attached hydrogen (secondary N) is 1. The normalized spacial score (nSPS) is 24.2. The average molecular weight is 447 g/mol. The van der Waals surface area contributed by atoms with Gasteiger partial charge >= 0.3 is 0 Å². The second-order valence-electron chi connectivity index (χ2n) is 9.92. The molecule has 2 atom stereocenters. The van der Waals surface area contributed by atoms with E-state index in [1.807, 2.05) is 4.90 Å². The zero-order valence-corrected chi connectivity index (χ0v) is 18.5. The Bertz CT molecular complexity index is 1050. The number of amides is 2. The van der Waals surface area contributed by atoms with E-state index in [9.17, 15) is 18.4 Å². The van der Waals surface area contributed by atoms with Crippen LogP contribution in [-0.2, 0) is 0 Å². The van der Waals surface area contributed by atoms with Crippen LogP contribution in [0.5, 0.6) is 0 Å². The molecule has 0 aromatic heterocycles. The van der Waals surface area contributed by atoms with Crippen molar-refractivity contribution in [2.75, 3.05) is 11.9 Å². The second-order valence-corrected chi connectivity index (χ2v) is 10.3. The average Bonchev–Trinajstić information content (AvgIpc) is 2.93. The van der Waals surface area contributed by atoms with Crippen LogP contribution in [0.2, 0.25) is 5.02 Å². The van der Waals surface area contributed by atoms with Crippen LogP contribution in [0.4, 0.5) is 14.5 Å². The minimum Gasteiger partial charge on any atom is -0.335 e. The highest BCUT2D eigenvalue weighted by molar-refractivity contribution is 6.34. The number of rotatable bonds is 3. The molecular weight excluding hydrogens is 422 g/mol. The van der Waals surface area contributed by atoms with Crippen molar-refractivity contribution in [3.8, 4) is 0 Å². The van der Waals surface area contributed by atoms with E-state index < -0.39 is 17.5 Å². The van der Waals surface area contributed by atoms with Gasteiger partial charge in [0, 0.05) is 23.8 Å². The van der Waals surface area contributed by atoms with Gasteiger partial charge in [-0.2, -0.15) is 0 Å². The molecule has 1 heterocycles. The van der Waals surface area contributed by atoms with Crippen LogP contribution < -0.4 is 5.32 Å². The molecule has 2 aromatic carbocycles. The predicted molar refractivity (Wildman–Crippen MR) is 116 cm³/mol. The molecule has 1 aliphatic heterocycles. The Morgan fingerprint density at radius 3 is 2.39 bits per heavy atom. The number of likely N-dealkylation sites (tertiary alicyclic amines) is 1. The van der Waals surface area contributed by atoms with E-state index in [0.29, 0.717) is 11.3 Å². The molecular formula is C24H25ClF2N2O2. The lowest BCUT2D eigenvalue weighted by Crippen LogP contribution is -2.37. The van der Waals surface area contributed by atoms with Gasteiger partial charge in [-0.25, -0.2) is 8.78 Å². The smallest absolute Gasteiger partial charge is 0.257 e. The fourth-order valence-electron chi connectivity index (χ4n) is 5.45. The summed E-state index contributed by atoms with van der Waals surface area (Å²) in [6.07, 6.45) is 3.14. The fourth-order valence-corrected chi connectivity index (χ4v) is 5.69. The van der Waals surface area contributed by atoms with Crippen LogP contribution in [-0.4, -0.2) is 29.3 Å². The first-order valence-corrected chi connectivity index (χ1v) is 10.7. The molecule has 7 heteroatoms. The van der Waals surface area contributed by atoms with Gasteiger partial charge in [0.05, 0.1) is 10.6 Å². The number of carbonyl (C=O) groups is 2. The van der Waals surface area contributed by atoms with E-state index in [2.05, 4.69) is 26.1 Å². The number of anilines is 1. The van der Waals surface area contributed by atoms with Crippen molar-refractivity contribution >= 4 is 29.1 Å². The molecule has 0 unspecified atom stereocenters. The van der Waals surface area contributed by atoms with Gasteiger partial charge in [0.25, 0.3) is 11.8 Å². The van der Waals surface area contributed by atoms with E-state index >= 15 is 0 Å². The zero-order chi connectivity index (χ0) is 22.6. The number of nitrogens with zero attached hydrogens (tertiary/aromatic N) is 1. The summed E-state index contributed by atoms with van der Waals surface area (Å²) in [5.74, 6) is -2.93. The maximum absolute atomic E-state index is 13.5. The van der Waals surface area contributed by atoms with Crippen molar-refractivity contribution < 1.29 is 18.4 Å². The predicted octanol–water partition coefficient (Wildman–Crippen LogP) is 5.91. The molecule has 2 bridgehead atoms. The van der Waals surface area contributed by atoms with Gasteiger partial charge < -0.3 is 10.2 Å². The summed E-state index contributed by atoms with van der Waals surface area (Å²) in [4.78, 5) is 27.5. The van der Waals surface area contributed by atoms with Gasteiger partial charge in [0.1, 0.15) is 0 Å². The highest BCUT2D eigenvalue weighted by Gasteiger charge is 2.51. The number of halogens is 3. The van der Waals surface area contributed by atoms with Gasteiger partial charge in [-0.3, -0.25) is 9.59 Å². The Morgan fingerprint density at radius 1 is 1.06 bits per heavy atom. The lowest BCUT2D eigenvalue weighted by Gasteiger charge is -2.39. The Kier molecular flexibility index (Phi) is 5.32. The second kappa shape index (κ2) is 7.59. The number of fused-ring (bicyclic) bond motifs is 2. The summed E-state index contributed by atoms with van der Waals surface area (Å²) < 4.78 is 26.7. The van der Waals surface area contributed by atoms with Crippen molar-refractivity contribution in [2.24, 2.45) is 10.8 Å². The van der Waals surface area contributed by atoms with Crippen molar-refractivity contribution in [2.45, 2.75) is 46.1 Å². The molecule has 2 amide bonds. The van der Waals surface area contributed by atoms with Gasteiger partial charge in [0.15, 0.2) is 11.6 Å². The van der Waals surface area contributed by atoms with E-state index in [1.165, 1.54) is 0 Å². The summed E-state index contributed by atoms with van der Waals surface area (Å²) >= 11 is 5.86. The number of carbonyl (C=O) groups excluding carboxylic acids is 2. The van der Waals surface area contributed by atoms with Crippen molar-refractivity contribution in [1.29, 1.82) is 0 Å². The SMILES string of the molecule is CC1(C)C[C@@H]2C[C@](C)(CN2C(=O)c2ccc(NC(=O)c3cc(F)c(F)cc3Cl)cc2)C1. The monoisotopic (exact) mass is 446 g/mol. The van der Waals surface area contributed by atoms with Gasteiger partial charge in [-0.15, -0.1) is 0 Å². The molecule has 1 N–H and O–H groups in total. The summed E-state index contributed by atoms with van der Waals surface area (Å²) in [6.45, 7) is 7.55. The highest BCUT2D eigenvalue weighted by Crippen LogP contribution is 2.52. The highest BCUT2D eigenvalue weighted by atomic mass is 35.5. The number of hydrogen-bond acceptors (Lipinski definition) is 2. The Balaban J connectivity index is 1.47. The number of benzene rings is 2. The van der Waals surface area contributed by atoms with Gasteiger partial charge in [0.2, 0.25) is 0 Å². The van der Waals surface area contributed by atoms with Crippen molar-refractivity contribution in [3.05, 3.63) is 64.2 Å². The molecule has 4 rings (SSSR count). The minimum absolute atomic E-state index is 0.00653. The van der Waals surface area contributed by atoms with E-state index in [4.69, 9.17) is 11.6 Å². The third-order valence-electron chi connectivity index (χ3n) is 6.32. The summed E-state index contributed by atoms with van der Waals surface area (Å²) in [5.41, 5.74) is 1.19. The molecule has 1 saturated carbocycles. The van der Waals surface area contributed by atoms with Crippen LogP contribution in [0.1, 0.15) is 60.7 Å². The fraction of sp³-hybridized carbons (Fsp3) is 0.417. The van der Waals surface area contributed by atoms with Crippen LogP contribution in [0.15, 0.2) is 36.4 Å². The molecule has 2 fully saturated rings. The summed E-state index contributed by atoms with van der Waals surface area (Å²) in [6, 6.07) is 8.34. The maximum atomic E-state index is 13.5. The van der Waals surface area contributed by atoms with Crippen LogP contribution in [0, 0.1) is 22.5 Å². The van der Waals surface area contributed by atoms with E-state index in [1.54, 1.807) is 24.3 Å². The Hall–Kier alpha value is -2.47. The largest absolute Gasteiger partial charge is 0.335 e. The first-order chi connectivity index (χ1) is 14.5. The molecule has 2 aliphatic rings. The first-order valence-electron chi connectivity index (χ1n) is 10.3. The minimum atomic E-state index is -1.15. The molecule has 4 nitrogen and oxygen atoms in total. The molecule has 1 aliphatic carbocycles. The first kappa shape index (κ1) is 21.8. The number of hydrogen-bond donors (Lipinski definition) is 1. The standard InChI is InChI=1S/C24H25ClF2N2O2/c1-23(2)10-16-11-24(3,12-23)13-29(16)22(31)14-4-6-15(7-5-14)28-21(30)17-8-19(26)20(27)9-18(17)25/h4-9,16H,10-13H2,1-3H3,(H,28,30)/t16-,24+/m1/s1. The van der Waals surface area contributed by atoms with Crippen LogP contribution in [0.25, 0.3) is 0 Å². The van der Waals surface area contributed by atoms with E-state index in [-0.39, 0.29) is 33.4 Å². The molecule has 164 valence electrons. The lowest BCUT2D eigenvalue weighted by atomic mass is 9.65. The van der Waals surface area contributed by atoms with Crippen molar-refractivity contribution in [1.82, 2.24) is 4.90 Å². The molecule has 1 saturated heterocycles. The van der Waals surface area contributed by atoms with Gasteiger partial charge in [-0.1, -0.05) is 32.4 Å². The Labute approximate surface area is 185 Å². The third kappa shape index (κ3) is 4.31. The summed E-state index contributed by atoms with van der Waals surface area (Å²) in [5, 5.41) is 2.42. The lowest BCUT2D eigenvalue weighted by molar-refractivity contribution is 0.0708. The molecule has 0 radical (unpaired) electrons. The molecule has 31 heavy (non-hydrogen) atoms. The quantitative estimate of drug-likeness (QED) is 0.596. The van der Waals surface area contributed by atoms with Crippen LogP contribution >= 0.6 is 11.6 Å². The van der Waals surface area contributed by atoms with Crippen LogP contribution in [0.3, 0.4) is 0 Å². The maximum Gasteiger partial charge on any atom is 0.257 e. The van der Waals surface area contributed by atoms with Crippen molar-refractivity contribution in [3.63, 3.8) is 0 Å². The molecule has 0 spiro atoms. The third-order valence-corrected chi connectivity index (χ3v) is 6.63. The topological polar surface area (TPSA) is 49.4 Å². The summed E-state index contributed by atoms with van der Waals surface area (Å²) in [7, 11) is 0. The zero-order valence-electron chi connectivity index (χ0n) is 17.8. The Morgan fingerprint density at radius 2 is 1.71 bits per heavy atom. The van der Waals surface area contributed by atoms with Gasteiger partial charge in [-0.05, 0) is 66.5 Å².